The second kappa shape index (κ2) is 6.91. The molecule has 1 aromatic carbocycles. The molecule has 2 heterocycles. The van der Waals surface area contributed by atoms with E-state index >= 15 is 0 Å². The van der Waals surface area contributed by atoms with E-state index in [1.165, 1.54) is 0 Å². The number of amides is 1. The van der Waals surface area contributed by atoms with E-state index in [4.69, 9.17) is 4.52 Å². The van der Waals surface area contributed by atoms with Gasteiger partial charge in [0.1, 0.15) is 5.76 Å². The van der Waals surface area contributed by atoms with Crippen LogP contribution in [0.1, 0.15) is 27.4 Å². The minimum Gasteiger partial charge on any atom is -0.361 e. The highest BCUT2D eigenvalue weighted by Crippen LogP contribution is 2.07. The quantitative estimate of drug-likeness (QED) is 0.757. The minimum absolute atomic E-state index is 0.0876. The predicted molar refractivity (Wildman–Crippen MR) is 85.0 cm³/mol. The summed E-state index contributed by atoms with van der Waals surface area (Å²) in [7, 11) is 0. The van der Waals surface area contributed by atoms with Crippen molar-refractivity contribution in [3.05, 3.63) is 71.6 Å². The lowest BCUT2D eigenvalue weighted by molar-refractivity contribution is 0.0953. The third-order valence-corrected chi connectivity index (χ3v) is 3.47. The largest absolute Gasteiger partial charge is 0.361 e. The number of benzene rings is 1. The summed E-state index contributed by atoms with van der Waals surface area (Å²) in [6.45, 7) is 3.13. The second-order valence-corrected chi connectivity index (χ2v) is 5.37. The Morgan fingerprint density at radius 1 is 1.30 bits per heavy atom. The molecule has 0 bridgehead atoms. The first-order valence-corrected chi connectivity index (χ1v) is 7.46. The number of nitrogens with zero attached hydrogens (tertiary/aromatic N) is 3. The molecule has 1 amide bonds. The van der Waals surface area contributed by atoms with Crippen molar-refractivity contribution in [2.24, 2.45) is 0 Å². The van der Waals surface area contributed by atoms with Gasteiger partial charge >= 0.3 is 0 Å². The molecule has 0 saturated heterocycles. The summed E-state index contributed by atoms with van der Waals surface area (Å²) in [6, 6.07) is 9.45. The number of nitrogens with one attached hydrogen (secondary N) is 1. The molecule has 0 atom stereocenters. The van der Waals surface area contributed by atoms with E-state index < -0.39 is 0 Å². The highest BCUT2D eigenvalue weighted by Gasteiger charge is 2.06. The fraction of sp³-hybridized carbons (Fsp3) is 0.235. The van der Waals surface area contributed by atoms with Crippen LogP contribution >= 0.6 is 0 Å². The van der Waals surface area contributed by atoms with Crippen LogP contribution in [0.25, 0.3) is 0 Å². The molecule has 0 aliphatic rings. The fourth-order valence-electron chi connectivity index (χ4n) is 2.29. The van der Waals surface area contributed by atoms with E-state index in [0.29, 0.717) is 18.5 Å². The maximum absolute atomic E-state index is 12.1. The number of rotatable bonds is 6. The van der Waals surface area contributed by atoms with Crippen molar-refractivity contribution < 1.29 is 9.32 Å². The van der Waals surface area contributed by atoms with E-state index in [1.807, 2.05) is 48.0 Å². The van der Waals surface area contributed by atoms with Crippen LogP contribution < -0.4 is 5.32 Å². The van der Waals surface area contributed by atoms with E-state index in [0.717, 1.165) is 23.6 Å². The van der Waals surface area contributed by atoms with Gasteiger partial charge in [-0.3, -0.25) is 4.79 Å². The summed E-state index contributed by atoms with van der Waals surface area (Å²) in [5.41, 5.74) is 2.62. The fourth-order valence-corrected chi connectivity index (χ4v) is 2.29. The van der Waals surface area contributed by atoms with Gasteiger partial charge in [-0.15, -0.1) is 0 Å². The number of aryl methyl sites for hydroxylation is 1. The molecule has 0 radical (unpaired) electrons. The number of hydrogen-bond acceptors (Lipinski definition) is 4. The van der Waals surface area contributed by atoms with Crippen LogP contribution in [0, 0.1) is 6.92 Å². The summed E-state index contributed by atoms with van der Waals surface area (Å²) in [5, 5.41) is 6.70. The average Bonchev–Trinajstić information content (AvgIpc) is 3.20. The average molecular weight is 310 g/mol. The molecule has 0 unspecified atom stereocenters. The molecular formula is C17H18N4O2. The monoisotopic (exact) mass is 310 g/mol. The van der Waals surface area contributed by atoms with Crippen molar-refractivity contribution in [1.29, 1.82) is 0 Å². The normalized spacial score (nSPS) is 10.7. The number of carbonyl (C=O) groups excluding carboxylic acids is 1. The second-order valence-electron chi connectivity index (χ2n) is 5.37. The van der Waals surface area contributed by atoms with Crippen molar-refractivity contribution in [3.8, 4) is 0 Å². The molecule has 23 heavy (non-hydrogen) atoms. The summed E-state index contributed by atoms with van der Waals surface area (Å²) in [5.74, 6) is 0.689. The molecule has 0 fully saturated rings. The summed E-state index contributed by atoms with van der Waals surface area (Å²) >= 11 is 0. The predicted octanol–water partition coefficient (Wildman–Crippen LogP) is 2.20. The van der Waals surface area contributed by atoms with Gasteiger partial charge in [0, 0.05) is 43.5 Å². The third-order valence-electron chi connectivity index (χ3n) is 3.47. The first-order chi connectivity index (χ1) is 11.2. The van der Waals surface area contributed by atoms with Gasteiger partial charge in [0.2, 0.25) is 0 Å². The molecule has 3 aromatic rings. The van der Waals surface area contributed by atoms with Gasteiger partial charge in [-0.05, 0) is 24.6 Å². The van der Waals surface area contributed by atoms with Gasteiger partial charge in [-0.25, -0.2) is 4.98 Å². The molecule has 3 rings (SSSR count). The smallest absolute Gasteiger partial charge is 0.251 e. The van der Waals surface area contributed by atoms with E-state index in [9.17, 15) is 4.79 Å². The lowest BCUT2D eigenvalue weighted by Gasteiger charge is -2.06. The number of hydrogen-bond donors (Lipinski definition) is 1. The first kappa shape index (κ1) is 15.0. The van der Waals surface area contributed by atoms with Crippen LogP contribution in [0.15, 0.2) is 53.6 Å². The molecule has 6 nitrogen and oxygen atoms in total. The zero-order valence-corrected chi connectivity index (χ0v) is 12.9. The van der Waals surface area contributed by atoms with Crippen LogP contribution in [0.3, 0.4) is 0 Å². The highest BCUT2D eigenvalue weighted by atomic mass is 16.5. The Morgan fingerprint density at radius 2 is 2.13 bits per heavy atom. The maximum Gasteiger partial charge on any atom is 0.251 e. The Kier molecular flexibility index (Phi) is 4.52. The van der Waals surface area contributed by atoms with Crippen LogP contribution in [-0.4, -0.2) is 27.2 Å². The lowest BCUT2D eigenvalue weighted by atomic mass is 10.1. The lowest BCUT2D eigenvalue weighted by Crippen LogP contribution is -2.25. The van der Waals surface area contributed by atoms with Crippen LogP contribution in [0.2, 0.25) is 0 Å². The van der Waals surface area contributed by atoms with Crippen LogP contribution in [-0.2, 0) is 13.0 Å². The molecule has 0 saturated carbocycles. The topological polar surface area (TPSA) is 73.0 Å². The Labute approximate surface area is 134 Å². The third kappa shape index (κ3) is 4.06. The van der Waals surface area contributed by atoms with Crippen LogP contribution in [0.5, 0.6) is 0 Å². The summed E-state index contributed by atoms with van der Waals surface area (Å²) in [4.78, 5) is 16.1. The Hall–Kier alpha value is -2.89. The first-order valence-electron chi connectivity index (χ1n) is 7.46. The van der Waals surface area contributed by atoms with Crippen molar-refractivity contribution in [2.75, 3.05) is 6.54 Å². The number of imidazole rings is 1. The van der Waals surface area contributed by atoms with Crippen molar-refractivity contribution in [3.63, 3.8) is 0 Å². The summed E-state index contributed by atoms with van der Waals surface area (Å²) in [6.07, 6.45) is 6.06. The van der Waals surface area contributed by atoms with Crippen LogP contribution in [0.4, 0.5) is 0 Å². The minimum atomic E-state index is -0.0876. The zero-order valence-electron chi connectivity index (χ0n) is 12.9. The van der Waals surface area contributed by atoms with Crippen molar-refractivity contribution in [2.45, 2.75) is 19.9 Å². The highest BCUT2D eigenvalue weighted by molar-refractivity contribution is 5.94. The van der Waals surface area contributed by atoms with Gasteiger partial charge in [0.25, 0.3) is 5.91 Å². The maximum atomic E-state index is 12.1. The van der Waals surface area contributed by atoms with E-state index in [-0.39, 0.29) is 5.91 Å². The summed E-state index contributed by atoms with van der Waals surface area (Å²) < 4.78 is 7.09. The molecule has 2 aromatic heterocycles. The van der Waals surface area contributed by atoms with Gasteiger partial charge in [-0.1, -0.05) is 17.3 Å². The Balaban J connectivity index is 1.51. The molecule has 0 aliphatic heterocycles. The van der Waals surface area contributed by atoms with Gasteiger partial charge in [0.05, 0.1) is 12.0 Å². The Morgan fingerprint density at radius 3 is 2.78 bits per heavy atom. The molecule has 118 valence electrons. The van der Waals surface area contributed by atoms with Crippen molar-refractivity contribution >= 4 is 5.91 Å². The number of carbonyl (C=O) groups is 1. The standard InChI is InChI=1S/C17H18N4O2/c1-13-10-16(23-20-13)6-7-19-17(22)15-4-2-14(3-5-15)11-21-9-8-18-12-21/h2-5,8-10,12H,6-7,11H2,1H3,(H,19,22). The van der Waals surface area contributed by atoms with Gasteiger partial charge < -0.3 is 14.4 Å². The Bertz CT molecular complexity index is 760. The molecular weight excluding hydrogens is 292 g/mol. The molecule has 6 heteroatoms. The zero-order chi connectivity index (χ0) is 16.1. The molecule has 1 N–H and O–H groups in total. The number of aromatic nitrogens is 3. The van der Waals surface area contributed by atoms with Gasteiger partial charge in [0.15, 0.2) is 0 Å². The van der Waals surface area contributed by atoms with E-state index in [2.05, 4.69) is 15.5 Å². The van der Waals surface area contributed by atoms with E-state index in [1.54, 1.807) is 12.5 Å². The molecule has 0 aliphatic carbocycles. The van der Waals surface area contributed by atoms with Gasteiger partial charge in [-0.2, -0.15) is 0 Å². The SMILES string of the molecule is Cc1cc(CCNC(=O)c2ccc(Cn3ccnc3)cc2)on1. The molecule has 0 spiro atoms. The van der Waals surface area contributed by atoms with Crippen molar-refractivity contribution in [1.82, 2.24) is 20.0 Å².